The maximum atomic E-state index is 9.73. The quantitative estimate of drug-likeness (QED) is 0.417. The first kappa shape index (κ1) is 17.3. The van der Waals surface area contributed by atoms with Crippen molar-refractivity contribution in [2.75, 3.05) is 0 Å². The van der Waals surface area contributed by atoms with E-state index in [2.05, 4.69) is 6.58 Å². The van der Waals surface area contributed by atoms with Crippen LogP contribution in [0.4, 0.5) is 0 Å². The van der Waals surface area contributed by atoms with Gasteiger partial charge in [0.15, 0.2) is 0 Å². The van der Waals surface area contributed by atoms with E-state index in [4.69, 9.17) is 0 Å². The van der Waals surface area contributed by atoms with E-state index in [1.54, 1.807) is 0 Å². The molecule has 0 unspecified atom stereocenters. The average molecular weight is 344 g/mol. The number of rotatable bonds is 3. The number of carbonyl (C=O) groups excluding carboxylic acids is 2. The molecule has 6 heteroatoms. The van der Waals surface area contributed by atoms with Crippen LogP contribution in [0.1, 0.15) is 6.42 Å². The predicted octanol–water partition coefficient (Wildman–Crippen LogP) is -2.57. The van der Waals surface area contributed by atoms with Gasteiger partial charge in [-0.15, -0.1) is 0 Å². The van der Waals surface area contributed by atoms with Crippen LogP contribution in [0.5, 0.6) is 0 Å². The summed E-state index contributed by atoms with van der Waals surface area (Å²) in [5.74, 6) is -3.02. The van der Waals surface area contributed by atoms with E-state index in [0.717, 1.165) is 0 Å². The van der Waals surface area contributed by atoms with Crippen LogP contribution in [0.15, 0.2) is 12.2 Å². The third-order valence-corrected chi connectivity index (χ3v) is 0.646. The van der Waals surface area contributed by atoms with E-state index >= 15 is 0 Å². The molecule has 0 N–H and O–H groups in total. The van der Waals surface area contributed by atoms with Crippen molar-refractivity contribution in [3.8, 4) is 0 Å². The van der Waals surface area contributed by atoms with Crippen LogP contribution in [0.25, 0.3) is 0 Å². The van der Waals surface area contributed by atoms with Crippen molar-refractivity contribution in [3.05, 3.63) is 12.2 Å². The van der Waals surface area contributed by atoms with Crippen LogP contribution >= 0.6 is 0 Å². The second kappa shape index (κ2) is 8.26. The molecular formula is C5H4Ag2O4. The first-order chi connectivity index (χ1) is 4.04. The second-order valence-corrected chi connectivity index (χ2v) is 1.44. The van der Waals surface area contributed by atoms with Crippen molar-refractivity contribution in [3.63, 3.8) is 0 Å². The summed E-state index contributed by atoms with van der Waals surface area (Å²) in [6.45, 7) is 2.91. The summed E-state index contributed by atoms with van der Waals surface area (Å²) in [5, 5.41) is 19.4. The Bertz CT molecular complexity index is 166. The first-order valence-electron chi connectivity index (χ1n) is 2.13. The molecule has 0 aromatic carbocycles. The van der Waals surface area contributed by atoms with Crippen LogP contribution in [0.2, 0.25) is 0 Å². The minimum absolute atomic E-state index is 0. The normalized spacial score (nSPS) is 6.91. The minimum atomic E-state index is -1.56. The molecule has 0 aliphatic rings. The van der Waals surface area contributed by atoms with Gasteiger partial charge in [0.1, 0.15) is 0 Å². The van der Waals surface area contributed by atoms with Crippen LogP contribution in [0.3, 0.4) is 0 Å². The molecule has 0 aliphatic heterocycles. The summed E-state index contributed by atoms with van der Waals surface area (Å²) < 4.78 is 0. The molecule has 0 spiro atoms. The van der Waals surface area contributed by atoms with Gasteiger partial charge in [0.2, 0.25) is 0 Å². The van der Waals surface area contributed by atoms with Crippen molar-refractivity contribution in [1.82, 2.24) is 0 Å². The molecule has 70 valence electrons. The summed E-state index contributed by atoms with van der Waals surface area (Å²) in [4.78, 5) is 19.4. The molecule has 0 fully saturated rings. The van der Waals surface area contributed by atoms with E-state index in [0.29, 0.717) is 0 Å². The smallest absolute Gasteiger partial charge is 0.550 e. The SMILES string of the molecule is C=C(CC(=O)[O-])C(=O)[O-].[Ag+].[Ag+]. The van der Waals surface area contributed by atoms with Crippen LogP contribution in [0, 0.1) is 0 Å². The third kappa shape index (κ3) is 10.2. The van der Waals surface area contributed by atoms with Crippen LogP contribution in [-0.4, -0.2) is 11.9 Å². The fraction of sp³-hybridized carbons (Fsp3) is 0.200. The third-order valence-electron chi connectivity index (χ3n) is 0.646. The van der Waals surface area contributed by atoms with Crippen molar-refractivity contribution < 1.29 is 64.6 Å². The van der Waals surface area contributed by atoms with E-state index in [1.165, 1.54) is 0 Å². The number of carbonyl (C=O) groups is 2. The Morgan fingerprint density at radius 3 is 1.64 bits per heavy atom. The topological polar surface area (TPSA) is 80.3 Å². The van der Waals surface area contributed by atoms with Gasteiger partial charge in [-0.25, -0.2) is 0 Å². The molecule has 0 aliphatic carbocycles. The summed E-state index contributed by atoms with van der Waals surface area (Å²) in [5.41, 5.74) is -0.477. The van der Waals surface area contributed by atoms with Gasteiger partial charge in [0, 0.05) is 12.4 Å². The van der Waals surface area contributed by atoms with Gasteiger partial charge < -0.3 is 19.8 Å². The summed E-state index contributed by atoms with van der Waals surface area (Å²) >= 11 is 0. The van der Waals surface area contributed by atoms with Crippen molar-refractivity contribution in [2.24, 2.45) is 0 Å². The summed E-state index contributed by atoms with van der Waals surface area (Å²) in [6, 6.07) is 0. The molecule has 0 saturated carbocycles. The molecule has 0 heterocycles. The van der Waals surface area contributed by atoms with Gasteiger partial charge >= 0.3 is 44.8 Å². The van der Waals surface area contributed by atoms with E-state index in [-0.39, 0.29) is 44.8 Å². The molecule has 4 nitrogen and oxygen atoms in total. The zero-order valence-electron chi connectivity index (χ0n) is 5.15. The van der Waals surface area contributed by atoms with Gasteiger partial charge in [-0.2, -0.15) is 0 Å². The zero-order valence-corrected chi connectivity index (χ0v) is 8.11. The van der Waals surface area contributed by atoms with Crippen LogP contribution in [-0.2, 0) is 54.3 Å². The van der Waals surface area contributed by atoms with Gasteiger partial charge in [-0.05, 0) is 5.57 Å². The fourth-order valence-electron chi connectivity index (χ4n) is 0.246. The predicted molar refractivity (Wildman–Crippen MR) is 23.8 cm³/mol. The van der Waals surface area contributed by atoms with E-state index < -0.39 is 23.9 Å². The van der Waals surface area contributed by atoms with Crippen LogP contribution < -0.4 is 10.2 Å². The molecule has 0 radical (unpaired) electrons. The molecule has 0 rings (SSSR count). The summed E-state index contributed by atoms with van der Waals surface area (Å²) in [7, 11) is 0. The number of carboxylic acids is 2. The Hall–Kier alpha value is 0.161. The Morgan fingerprint density at radius 1 is 1.18 bits per heavy atom. The maximum Gasteiger partial charge on any atom is 1.00 e. The first-order valence-corrected chi connectivity index (χ1v) is 2.13. The molecule has 0 atom stereocenters. The largest absolute Gasteiger partial charge is 1.00 e. The summed E-state index contributed by atoms with van der Waals surface area (Å²) in [6.07, 6.45) is -0.678. The number of carboxylic acid groups (broad SMARTS) is 2. The Labute approximate surface area is 94.7 Å². The standard InChI is InChI=1S/C5H6O4.2Ag/c1-3(5(8)9)2-4(6)7;;/h1-2H2,(H,6,7)(H,8,9);;/q;2*+1/p-2. The minimum Gasteiger partial charge on any atom is -0.550 e. The molecule has 0 amide bonds. The number of aliphatic carboxylic acids is 2. The average Bonchev–Trinajstić information content (AvgIpc) is 1.63. The Balaban J connectivity index is -0.000000320. The molecule has 0 saturated heterocycles. The monoisotopic (exact) mass is 342 g/mol. The number of hydrogen-bond donors (Lipinski definition) is 0. The molecule has 0 bridgehead atoms. The van der Waals surface area contributed by atoms with E-state index in [1.807, 2.05) is 0 Å². The van der Waals surface area contributed by atoms with Gasteiger partial charge in [-0.1, -0.05) is 6.58 Å². The zero-order chi connectivity index (χ0) is 7.44. The number of hydrogen-bond acceptors (Lipinski definition) is 4. The van der Waals surface area contributed by atoms with E-state index in [9.17, 15) is 19.8 Å². The second-order valence-electron chi connectivity index (χ2n) is 1.44. The van der Waals surface area contributed by atoms with Crippen molar-refractivity contribution >= 4 is 11.9 Å². The molecular weight excluding hydrogens is 340 g/mol. The Morgan fingerprint density at radius 2 is 1.55 bits per heavy atom. The van der Waals surface area contributed by atoms with Gasteiger partial charge in [0.25, 0.3) is 0 Å². The molecule has 0 aromatic heterocycles. The van der Waals surface area contributed by atoms with Gasteiger partial charge in [0.05, 0.1) is 5.97 Å². The molecule has 11 heavy (non-hydrogen) atoms. The van der Waals surface area contributed by atoms with Gasteiger partial charge in [-0.3, -0.25) is 0 Å². The fourth-order valence-corrected chi connectivity index (χ4v) is 0.246. The van der Waals surface area contributed by atoms with Crippen molar-refractivity contribution in [2.45, 2.75) is 6.42 Å². The molecule has 0 aromatic rings. The van der Waals surface area contributed by atoms with Crippen molar-refractivity contribution in [1.29, 1.82) is 0 Å². The maximum absolute atomic E-state index is 9.73. The Kier molecular flexibility index (Phi) is 13.0.